The highest BCUT2D eigenvalue weighted by Gasteiger charge is 2.27. The quantitative estimate of drug-likeness (QED) is 0.823. The van der Waals surface area contributed by atoms with Crippen molar-refractivity contribution in [2.24, 2.45) is 5.16 Å². The Morgan fingerprint density at radius 2 is 2.13 bits per heavy atom. The van der Waals surface area contributed by atoms with Crippen LogP contribution in [0.2, 0.25) is 10.0 Å². The zero-order valence-electron chi connectivity index (χ0n) is 11.8. The molecule has 2 heterocycles. The lowest BCUT2D eigenvalue weighted by atomic mass is 10.0. The Hall–Kier alpha value is -1.76. The van der Waals surface area contributed by atoms with Crippen LogP contribution in [-0.4, -0.2) is 21.9 Å². The monoisotopic (exact) mass is 371 g/mol. The van der Waals surface area contributed by atoms with Crippen LogP contribution < -0.4 is 0 Å². The summed E-state index contributed by atoms with van der Waals surface area (Å²) in [6, 6.07) is 4.89. The topological polar surface area (TPSA) is 79.1 Å². The third-order valence-corrected chi connectivity index (χ3v) is 5.53. The van der Waals surface area contributed by atoms with E-state index in [9.17, 15) is 9.90 Å². The maximum atomic E-state index is 11.1. The van der Waals surface area contributed by atoms with Gasteiger partial charge in [-0.25, -0.2) is 4.79 Å². The largest absolute Gasteiger partial charge is 0.506 e. The van der Waals surface area contributed by atoms with Crippen molar-refractivity contribution < 1.29 is 19.8 Å². The van der Waals surface area contributed by atoms with E-state index in [0.29, 0.717) is 28.1 Å². The number of rotatable bonds is 3. The first kappa shape index (κ1) is 16.1. The number of carboxylic acid groups (broad SMARTS) is 1. The van der Waals surface area contributed by atoms with Crippen LogP contribution in [0.5, 0.6) is 5.75 Å². The molecule has 3 rings (SSSR count). The van der Waals surface area contributed by atoms with E-state index in [-0.39, 0.29) is 15.8 Å². The summed E-state index contributed by atoms with van der Waals surface area (Å²) >= 11 is 13.0. The Morgan fingerprint density at radius 1 is 1.39 bits per heavy atom. The van der Waals surface area contributed by atoms with Crippen LogP contribution in [0.15, 0.2) is 23.4 Å². The highest BCUT2D eigenvalue weighted by atomic mass is 35.5. The van der Waals surface area contributed by atoms with Crippen molar-refractivity contribution in [3.05, 3.63) is 49.1 Å². The highest BCUT2D eigenvalue weighted by Crippen LogP contribution is 2.38. The highest BCUT2D eigenvalue weighted by molar-refractivity contribution is 7.16. The molecule has 1 aliphatic heterocycles. The smallest absolute Gasteiger partial charge is 0.346 e. The number of hydrogen-bond acceptors (Lipinski definition) is 5. The SMILES string of the molecule is Cc1cc(C2=NOC(c3cc(O)c(Cl)c(Cl)c3)C2)sc1C(=O)O. The summed E-state index contributed by atoms with van der Waals surface area (Å²) in [4.78, 5) is 17.6. The molecule has 1 atom stereocenters. The predicted molar refractivity (Wildman–Crippen MR) is 89.1 cm³/mol. The minimum atomic E-state index is -0.954. The van der Waals surface area contributed by atoms with E-state index >= 15 is 0 Å². The van der Waals surface area contributed by atoms with Gasteiger partial charge in [-0.3, -0.25) is 0 Å². The Morgan fingerprint density at radius 3 is 2.74 bits per heavy atom. The first-order valence-corrected chi connectivity index (χ1v) is 8.18. The van der Waals surface area contributed by atoms with Gasteiger partial charge in [0.2, 0.25) is 0 Å². The lowest BCUT2D eigenvalue weighted by Crippen LogP contribution is -2.00. The number of carbonyl (C=O) groups is 1. The van der Waals surface area contributed by atoms with E-state index in [1.165, 1.54) is 6.07 Å². The fraction of sp³-hybridized carbons (Fsp3) is 0.200. The molecule has 0 saturated heterocycles. The molecule has 1 unspecified atom stereocenters. The van der Waals surface area contributed by atoms with Gasteiger partial charge in [0.15, 0.2) is 6.10 Å². The fourth-order valence-electron chi connectivity index (χ4n) is 2.32. The Bertz CT molecular complexity index is 808. The standard InChI is InChI=1S/C15H11Cl2NO4S/c1-6-2-12(23-14(6)15(20)21)9-5-11(22-18-9)7-3-8(16)13(17)10(19)4-7/h2-4,11,19H,5H2,1H3,(H,20,21). The number of carboxylic acids is 1. The van der Waals surface area contributed by atoms with Crippen LogP contribution in [0.25, 0.3) is 0 Å². The second-order valence-corrected chi connectivity index (χ2v) is 6.94. The van der Waals surface area contributed by atoms with E-state index in [2.05, 4.69) is 5.16 Å². The average Bonchev–Trinajstić information content (AvgIpc) is 3.10. The molecule has 5 nitrogen and oxygen atoms in total. The summed E-state index contributed by atoms with van der Waals surface area (Å²) in [5.74, 6) is -1.07. The maximum absolute atomic E-state index is 11.1. The zero-order valence-corrected chi connectivity index (χ0v) is 14.2. The summed E-state index contributed by atoms with van der Waals surface area (Å²) in [6.07, 6.45) is 0.0532. The first-order chi connectivity index (χ1) is 10.9. The van der Waals surface area contributed by atoms with Crippen molar-refractivity contribution in [3.8, 4) is 5.75 Å². The molecule has 1 aromatic carbocycles. The second-order valence-electron chi connectivity index (χ2n) is 5.10. The van der Waals surface area contributed by atoms with Gasteiger partial charge in [0.1, 0.15) is 21.4 Å². The second kappa shape index (κ2) is 6.03. The van der Waals surface area contributed by atoms with Crippen LogP contribution in [0, 0.1) is 6.92 Å². The summed E-state index contributed by atoms with van der Waals surface area (Å²) in [5.41, 5.74) is 2.01. The molecule has 0 spiro atoms. The van der Waals surface area contributed by atoms with Gasteiger partial charge in [0, 0.05) is 12.0 Å². The number of thiophene rings is 1. The molecule has 23 heavy (non-hydrogen) atoms. The number of aromatic hydroxyl groups is 1. The summed E-state index contributed by atoms with van der Waals surface area (Å²) < 4.78 is 0. The molecule has 2 aromatic rings. The molecular formula is C15H11Cl2NO4S. The van der Waals surface area contributed by atoms with Gasteiger partial charge in [-0.15, -0.1) is 11.3 Å². The molecule has 0 fully saturated rings. The molecule has 0 saturated carbocycles. The molecule has 8 heteroatoms. The van der Waals surface area contributed by atoms with E-state index < -0.39 is 12.1 Å². The zero-order chi connectivity index (χ0) is 16.7. The van der Waals surface area contributed by atoms with Crippen LogP contribution in [0.1, 0.15) is 38.2 Å². The average molecular weight is 372 g/mol. The van der Waals surface area contributed by atoms with E-state index in [1.54, 1.807) is 19.1 Å². The molecule has 2 N–H and O–H groups in total. The van der Waals surface area contributed by atoms with Crippen molar-refractivity contribution in [1.82, 2.24) is 0 Å². The van der Waals surface area contributed by atoms with Gasteiger partial charge < -0.3 is 15.1 Å². The Kier molecular flexibility index (Phi) is 4.23. The number of benzene rings is 1. The van der Waals surface area contributed by atoms with Crippen molar-refractivity contribution in [2.45, 2.75) is 19.4 Å². The number of phenolic OH excluding ortho intramolecular Hbond substituents is 1. The molecule has 120 valence electrons. The minimum absolute atomic E-state index is 0.0922. The van der Waals surface area contributed by atoms with Gasteiger partial charge in [0.05, 0.1) is 9.90 Å². The van der Waals surface area contributed by atoms with Gasteiger partial charge in [-0.1, -0.05) is 28.4 Å². The van der Waals surface area contributed by atoms with E-state index in [1.807, 2.05) is 0 Å². The van der Waals surface area contributed by atoms with Crippen molar-refractivity contribution >= 4 is 46.2 Å². The van der Waals surface area contributed by atoms with E-state index in [0.717, 1.165) is 16.2 Å². The lowest BCUT2D eigenvalue weighted by molar-refractivity contribution is 0.0701. The maximum Gasteiger partial charge on any atom is 0.346 e. The van der Waals surface area contributed by atoms with Gasteiger partial charge in [-0.05, 0) is 30.7 Å². The van der Waals surface area contributed by atoms with E-state index in [4.69, 9.17) is 33.1 Å². The number of halogens is 2. The van der Waals surface area contributed by atoms with Crippen molar-refractivity contribution in [2.75, 3.05) is 0 Å². The third kappa shape index (κ3) is 3.02. The number of hydrogen-bond donors (Lipinski definition) is 2. The van der Waals surface area contributed by atoms with Crippen molar-refractivity contribution in [3.63, 3.8) is 0 Å². The van der Waals surface area contributed by atoms with Gasteiger partial charge in [-0.2, -0.15) is 0 Å². The number of nitrogens with zero attached hydrogens (tertiary/aromatic N) is 1. The summed E-state index contributed by atoms with van der Waals surface area (Å²) in [6.45, 7) is 1.74. The summed E-state index contributed by atoms with van der Waals surface area (Å²) in [5, 5.41) is 23.2. The van der Waals surface area contributed by atoms with Crippen LogP contribution >= 0.6 is 34.5 Å². The Labute approximate surface area is 145 Å². The molecular weight excluding hydrogens is 361 g/mol. The molecule has 0 aliphatic carbocycles. The number of aryl methyl sites for hydroxylation is 1. The third-order valence-electron chi connectivity index (χ3n) is 3.47. The lowest BCUT2D eigenvalue weighted by Gasteiger charge is -2.10. The minimum Gasteiger partial charge on any atom is -0.506 e. The van der Waals surface area contributed by atoms with Gasteiger partial charge in [0.25, 0.3) is 0 Å². The van der Waals surface area contributed by atoms with Crippen molar-refractivity contribution in [1.29, 1.82) is 0 Å². The van der Waals surface area contributed by atoms with Gasteiger partial charge >= 0.3 is 5.97 Å². The Balaban J connectivity index is 1.83. The van der Waals surface area contributed by atoms with Crippen LogP contribution in [0.4, 0.5) is 0 Å². The van der Waals surface area contributed by atoms with Crippen LogP contribution in [0.3, 0.4) is 0 Å². The number of oxime groups is 1. The molecule has 0 radical (unpaired) electrons. The first-order valence-electron chi connectivity index (χ1n) is 6.61. The predicted octanol–water partition coefficient (Wildman–Crippen LogP) is 4.63. The molecule has 0 amide bonds. The molecule has 1 aliphatic rings. The molecule has 1 aromatic heterocycles. The number of aromatic carboxylic acids is 1. The molecule has 0 bridgehead atoms. The van der Waals surface area contributed by atoms with Crippen LogP contribution in [-0.2, 0) is 4.84 Å². The summed E-state index contributed by atoms with van der Waals surface area (Å²) in [7, 11) is 0. The fourth-order valence-corrected chi connectivity index (χ4v) is 3.65. The normalized spacial score (nSPS) is 17.0. The number of phenols is 1.